The summed E-state index contributed by atoms with van der Waals surface area (Å²) in [5, 5.41) is 2.66. The second-order valence-electron chi connectivity index (χ2n) is 6.57. The molecule has 2 unspecified atom stereocenters. The number of anilines is 1. The number of rotatable bonds is 5. The Morgan fingerprint density at radius 2 is 1.76 bits per heavy atom. The van der Waals surface area contributed by atoms with E-state index < -0.39 is 5.91 Å². The Labute approximate surface area is 145 Å². The lowest BCUT2D eigenvalue weighted by Crippen LogP contribution is -2.34. The zero-order valence-electron chi connectivity index (χ0n) is 13.9. The summed E-state index contributed by atoms with van der Waals surface area (Å²) in [6.07, 6.45) is 3.50. The molecule has 25 heavy (non-hydrogen) atoms. The molecular formula is C18H21N3O4. The number of primary amides is 1. The summed E-state index contributed by atoms with van der Waals surface area (Å²) in [5.41, 5.74) is 5.96. The van der Waals surface area contributed by atoms with Crippen molar-refractivity contribution in [1.82, 2.24) is 4.90 Å². The highest BCUT2D eigenvalue weighted by Crippen LogP contribution is 2.37. The molecule has 4 amide bonds. The molecule has 1 aromatic rings. The van der Waals surface area contributed by atoms with E-state index in [1.54, 1.807) is 18.2 Å². The average Bonchev–Trinajstić information content (AvgIpc) is 2.85. The maximum Gasteiger partial charge on any atom is 0.248 e. The maximum atomic E-state index is 12.4. The van der Waals surface area contributed by atoms with Crippen LogP contribution in [0.1, 0.15) is 42.5 Å². The summed E-state index contributed by atoms with van der Waals surface area (Å²) in [6.45, 7) is 0.0893. The molecule has 2 atom stereocenters. The molecule has 7 heteroatoms. The summed E-state index contributed by atoms with van der Waals surface area (Å²) < 4.78 is 0. The molecule has 0 aromatic heterocycles. The highest BCUT2D eigenvalue weighted by atomic mass is 16.2. The average molecular weight is 343 g/mol. The summed E-state index contributed by atoms with van der Waals surface area (Å²) in [5.74, 6) is -1.58. The molecule has 1 heterocycles. The molecule has 0 bridgehead atoms. The fraction of sp³-hybridized carbons (Fsp3) is 0.444. The van der Waals surface area contributed by atoms with E-state index in [-0.39, 0.29) is 42.5 Å². The lowest BCUT2D eigenvalue weighted by molar-refractivity contribution is -0.140. The van der Waals surface area contributed by atoms with Crippen LogP contribution in [-0.2, 0) is 14.4 Å². The van der Waals surface area contributed by atoms with Gasteiger partial charge in [0.2, 0.25) is 23.6 Å². The van der Waals surface area contributed by atoms with Crippen LogP contribution in [0.25, 0.3) is 0 Å². The fourth-order valence-corrected chi connectivity index (χ4v) is 3.64. The number of amides is 4. The number of likely N-dealkylation sites (tertiary alicyclic amines) is 1. The van der Waals surface area contributed by atoms with Crippen LogP contribution < -0.4 is 11.1 Å². The second-order valence-corrected chi connectivity index (χ2v) is 6.57. The summed E-state index contributed by atoms with van der Waals surface area (Å²) in [7, 11) is 0. The van der Waals surface area contributed by atoms with Crippen LogP contribution in [0.4, 0.5) is 5.69 Å². The van der Waals surface area contributed by atoms with Gasteiger partial charge < -0.3 is 11.1 Å². The zero-order valence-corrected chi connectivity index (χ0v) is 13.9. The lowest BCUT2D eigenvalue weighted by Gasteiger charge is -2.19. The van der Waals surface area contributed by atoms with Crippen molar-refractivity contribution < 1.29 is 19.2 Å². The number of nitrogens with two attached hydrogens (primary N) is 1. The third-order valence-corrected chi connectivity index (χ3v) is 4.93. The van der Waals surface area contributed by atoms with Gasteiger partial charge in [0, 0.05) is 24.2 Å². The molecule has 1 aliphatic heterocycles. The molecule has 0 radical (unpaired) electrons. The van der Waals surface area contributed by atoms with Crippen LogP contribution in [0.5, 0.6) is 0 Å². The number of carbonyl (C=O) groups excluding carboxylic acids is 4. The predicted octanol–water partition coefficient (Wildman–Crippen LogP) is 1.29. The Morgan fingerprint density at radius 3 is 2.36 bits per heavy atom. The van der Waals surface area contributed by atoms with E-state index in [4.69, 9.17) is 5.73 Å². The molecule has 3 N–H and O–H groups in total. The van der Waals surface area contributed by atoms with Gasteiger partial charge in [-0.25, -0.2) is 0 Å². The zero-order chi connectivity index (χ0) is 18.0. The van der Waals surface area contributed by atoms with E-state index in [9.17, 15) is 19.2 Å². The monoisotopic (exact) mass is 343 g/mol. The highest BCUT2D eigenvalue weighted by molar-refractivity contribution is 6.05. The Balaban J connectivity index is 1.57. The number of nitrogens with zero attached hydrogens (tertiary/aromatic N) is 1. The molecule has 3 rings (SSSR count). The summed E-state index contributed by atoms with van der Waals surface area (Å²) in [4.78, 5) is 49.2. The Hall–Kier alpha value is -2.70. The minimum absolute atomic E-state index is 0.0255. The SMILES string of the molecule is NC(=O)c1cccc(NC(=O)CCN2C(=O)C3CCCCC3C2=O)c1. The minimum Gasteiger partial charge on any atom is -0.366 e. The minimum atomic E-state index is -0.577. The van der Waals surface area contributed by atoms with Gasteiger partial charge in [-0.1, -0.05) is 18.9 Å². The Kier molecular flexibility index (Phi) is 4.83. The smallest absolute Gasteiger partial charge is 0.248 e. The Bertz CT molecular complexity index is 707. The van der Waals surface area contributed by atoms with Gasteiger partial charge in [0.15, 0.2) is 0 Å². The van der Waals surface area contributed by atoms with Crippen molar-refractivity contribution in [1.29, 1.82) is 0 Å². The van der Waals surface area contributed by atoms with E-state index in [0.29, 0.717) is 11.3 Å². The number of hydrogen-bond acceptors (Lipinski definition) is 4. The van der Waals surface area contributed by atoms with E-state index in [1.165, 1.54) is 11.0 Å². The number of benzene rings is 1. The van der Waals surface area contributed by atoms with E-state index in [1.807, 2.05) is 0 Å². The van der Waals surface area contributed by atoms with Crippen molar-refractivity contribution in [3.63, 3.8) is 0 Å². The van der Waals surface area contributed by atoms with Crippen molar-refractivity contribution in [2.24, 2.45) is 17.6 Å². The summed E-state index contributed by atoms with van der Waals surface area (Å²) >= 11 is 0. The quantitative estimate of drug-likeness (QED) is 0.785. The standard InChI is InChI=1S/C18H21N3O4/c19-16(23)11-4-3-5-12(10-11)20-15(22)8-9-21-17(24)13-6-1-2-7-14(13)18(21)25/h3-5,10,13-14H,1-2,6-9H2,(H2,19,23)(H,20,22). The largest absolute Gasteiger partial charge is 0.366 e. The molecule has 1 saturated heterocycles. The first-order valence-electron chi connectivity index (χ1n) is 8.52. The maximum absolute atomic E-state index is 12.4. The Morgan fingerprint density at radius 1 is 1.12 bits per heavy atom. The van der Waals surface area contributed by atoms with Crippen LogP contribution in [0, 0.1) is 11.8 Å². The fourth-order valence-electron chi connectivity index (χ4n) is 3.64. The summed E-state index contributed by atoms with van der Waals surface area (Å²) in [6, 6.07) is 6.31. The van der Waals surface area contributed by atoms with Crippen LogP contribution in [0.15, 0.2) is 24.3 Å². The van der Waals surface area contributed by atoms with Gasteiger partial charge in [0.05, 0.1) is 11.8 Å². The normalized spacial score (nSPS) is 22.6. The van der Waals surface area contributed by atoms with Crippen molar-refractivity contribution in [3.05, 3.63) is 29.8 Å². The predicted molar refractivity (Wildman–Crippen MR) is 90.4 cm³/mol. The topological polar surface area (TPSA) is 110 Å². The molecule has 1 aromatic carbocycles. The van der Waals surface area contributed by atoms with Gasteiger partial charge in [-0.05, 0) is 31.0 Å². The molecule has 7 nitrogen and oxygen atoms in total. The van der Waals surface area contributed by atoms with Gasteiger partial charge in [0.1, 0.15) is 0 Å². The van der Waals surface area contributed by atoms with Crippen molar-refractivity contribution in [2.45, 2.75) is 32.1 Å². The van der Waals surface area contributed by atoms with Crippen LogP contribution >= 0.6 is 0 Å². The van der Waals surface area contributed by atoms with Gasteiger partial charge in [-0.2, -0.15) is 0 Å². The van der Waals surface area contributed by atoms with E-state index >= 15 is 0 Å². The number of hydrogen-bond donors (Lipinski definition) is 2. The van der Waals surface area contributed by atoms with Gasteiger partial charge in [0.25, 0.3) is 0 Å². The van der Waals surface area contributed by atoms with Crippen molar-refractivity contribution >= 4 is 29.3 Å². The van der Waals surface area contributed by atoms with Crippen LogP contribution in [0.3, 0.4) is 0 Å². The molecule has 2 fully saturated rings. The van der Waals surface area contributed by atoms with E-state index in [0.717, 1.165) is 25.7 Å². The first-order chi connectivity index (χ1) is 12.0. The van der Waals surface area contributed by atoms with Gasteiger partial charge >= 0.3 is 0 Å². The first kappa shape index (κ1) is 17.1. The number of imide groups is 1. The molecule has 1 saturated carbocycles. The third kappa shape index (κ3) is 3.55. The molecule has 0 spiro atoms. The van der Waals surface area contributed by atoms with Gasteiger partial charge in [-0.15, -0.1) is 0 Å². The van der Waals surface area contributed by atoms with Gasteiger partial charge in [-0.3, -0.25) is 24.1 Å². The van der Waals surface area contributed by atoms with Crippen LogP contribution in [0.2, 0.25) is 0 Å². The first-order valence-corrected chi connectivity index (χ1v) is 8.52. The highest BCUT2D eigenvalue weighted by Gasteiger charge is 2.47. The number of fused-ring (bicyclic) bond motifs is 1. The number of nitrogens with one attached hydrogen (secondary N) is 1. The molecule has 1 aliphatic carbocycles. The lowest BCUT2D eigenvalue weighted by atomic mass is 9.81. The number of carbonyl (C=O) groups is 4. The molecule has 2 aliphatic rings. The molecule has 132 valence electrons. The molecular weight excluding hydrogens is 322 g/mol. The van der Waals surface area contributed by atoms with Crippen LogP contribution in [-0.4, -0.2) is 35.1 Å². The third-order valence-electron chi connectivity index (χ3n) is 4.93. The van der Waals surface area contributed by atoms with Crippen molar-refractivity contribution in [3.8, 4) is 0 Å². The van der Waals surface area contributed by atoms with E-state index in [2.05, 4.69) is 5.32 Å². The second kappa shape index (κ2) is 7.04. The van der Waals surface area contributed by atoms with Crippen molar-refractivity contribution in [2.75, 3.05) is 11.9 Å².